The number of methoxy groups -OCH3 is 2. The number of rotatable bonds is 9. The summed E-state index contributed by atoms with van der Waals surface area (Å²) >= 11 is 3.19. The molecule has 11 nitrogen and oxygen atoms in total. The maximum absolute atomic E-state index is 12.5. The van der Waals surface area contributed by atoms with Crippen molar-refractivity contribution in [3.05, 3.63) is 22.7 Å². The number of likely N-dealkylation sites (tertiary alicyclic amines) is 1. The van der Waals surface area contributed by atoms with Crippen LogP contribution < -0.4 is 14.9 Å². The number of hydrogen-bond acceptors (Lipinski definition) is 8. The molecule has 3 unspecified atom stereocenters. The van der Waals surface area contributed by atoms with Gasteiger partial charge in [0.05, 0.1) is 35.5 Å². The third-order valence-corrected chi connectivity index (χ3v) is 6.74. The normalized spacial score (nSPS) is 23.3. The van der Waals surface area contributed by atoms with E-state index < -0.39 is 39.7 Å². The second kappa shape index (κ2) is 8.44. The molecule has 2 amide bonds. The predicted octanol–water partition coefficient (Wildman–Crippen LogP) is 0.395. The number of halogens is 1. The van der Waals surface area contributed by atoms with Gasteiger partial charge in [-0.05, 0) is 36.6 Å². The van der Waals surface area contributed by atoms with E-state index in [1.54, 1.807) is 0 Å². The van der Waals surface area contributed by atoms with E-state index in [9.17, 15) is 28.3 Å². The molecule has 2 N–H and O–H groups in total. The molecule has 5 atom stereocenters. The summed E-state index contributed by atoms with van der Waals surface area (Å²) < 4.78 is 32.0. The molecular formula is C18H19ClN3O8S-. The SMILES string of the molecule is COc1ccc(C(=O)N/N=C/C(C)([C@H](C(=O)O)N2C(=O)C3C[C@H]32)S(=O)[O-])c(Cl)c1OC. The number of nitrogens with one attached hydrogen (secondary N) is 1. The van der Waals surface area contributed by atoms with Crippen LogP contribution in [0.5, 0.6) is 11.5 Å². The molecule has 1 heterocycles. The molecule has 0 aromatic heterocycles. The highest BCUT2D eigenvalue weighted by Crippen LogP contribution is 2.50. The lowest BCUT2D eigenvalue weighted by Crippen LogP contribution is -2.65. The Morgan fingerprint density at radius 1 is 1.45 bits per heavy atom. The van der Waals surface area contributed by atoms with Crippen LogP contribution in [-0.2, 0) is 20.7 Å². The molecule has 31 heavy (non-hydrogen) atoms. The van der Waals surface area contributed by atoms with Crippen LogP contribution in [0, 0.1) is 5.92 Å². The molecule has 13 heteroatoms. The van der Waals surface area contributed by atoms with Gasteiger partial charge in [-0.2, -0.15) is 5.10 Å². The van der Waals surface area contributed by atoms with E-state index in [2.05, 4.69) is 10.5 Å². The van der Waals surface area contributed by atoms with Gasteiger partial charge in [0.25, 0.3) is 5.91 Å². The molecule has 2 fully saturated rings. The Morgan fingerprint density at radius 3 is 2.61 bits per heavy atom. The number of hydrazone groups is 1. The molecule has 1 aromatic rings. The minimum atomic E-state index is -2.98. The number of fused-ring (bicyclic) bond motifs is 1. The standard InChI is InChI=1S/C18H20ClN3O8S/c1-18(31(27)28,14(17(25)26)22-10-6-9(10)16(22)24)7-20-21-15(23)8-4-5-11(29-2)13(30-3)12(8)19/h4-5,7,9-10,14H,6H2,1-3H3,(H,21,23)(H,25,26)(H,27,28)/p-1/b20-7+/t9?,10-,14+,18?/m1/s1. The first kappa shape index (κ1) is 23.0. The summed E-state index contributed by atoms with van der Waals surface area (Å²) in [6.45, 7) is 1.11. The van der Waals surface area contributed by atoms with Gasteiger partial charge in [-0.1, -0.05) is 11.6 Å². The second-order valence-corrected chi connectivity index (χ2v) is 8.90. The zero-order chi connectivity index (χ0) is 23.1. The number of aliphatic carboxylic acids is 1. The second-order valence-electron chi connectivity index (χ2n) is 7.18. The Hall–Kier alpha value is -2.70. The summed E-state index contributed by atoms with van der Waals surface area (Å²) in [4.78, 5) is 37.4. The largest absolute Gasteiger partial charge is 0.772 e. The third-order valence-electron chi connectivity index (χ3n) is 5.32. The molecule has 1 saturated carbocycles. The van der Waals surface area contributed by atoms with Crippen molar-refractivity contribution in [1.29, 1.82) is 0 Å². The van der Waals surface area contributed by atoms with Gasteiger partial charge in [-0.25, -0.2) is 10.2 Å². The van der Waals surface area contributed by atoms with Gasteiger partial charge in [0.15, 0.2) is 17.5 Å². The smallest absolute Gasteiger partial charge is 0.328 e. The number of amides is 2. The van der Waals surface area contributed by atoms with E-state index >= 15 is 0 Å². The highest BCUT2D eigenvalue weighted by atomic mass is 35.5. The minimum Gasteiger partial charge on any atom is -0.772 e. The summed E-state index contributed by atoms with van der Waals surface area (Å²) in [5, 5.41) is 13.2. The highest BCUT2D eigenvalue weighted by molar-refractivity contribution is 7.81. The molecular weight excluding hydrogens is 454 g/mol. The molecule has 0 radical (unpaired) electrons. The van der Waals surface area contributed by atoms with Crippen LogP contribution in [0.4, 0.5) is 0 Å². The van der Waals surface area contributed by atoms with Crippen molar-refractivity contribution in [1.82, 2.24) is 10.3 Å². The molecule has 1 aromatic carbocycles. The van der Waals surface area contributed by atoms with E-state index in [0.29, 0.717) is 12.2 Å². The van der Waals surface area contributed by atoms with Crippen LogP contribution in [0.3, 0.4) is 0 Å². The Morgan fingerprint density at radius 2 is 2.13 bits per heavy atom. The average Bonchev–Trinajstić information content (AvgIpc) is 3.46. The van der Waals surface area contributed by atoms with E-state index in [1.165, 1.54) is 26.4 Å². The summed E-state index contributed by atoms with van der Waals surface area (Å²) in [5.74, 6) is -2.53. The van der Waals surface area contributed by atoms with Gasteiger partial charge < -0.3 is 24.0 Å². The Bertz CT molecular complexity index is 1000. The Kier molecular flexibility index (Phi) is 6.25. The van der Waals surface area contributed by atoms with Crippen molar-refractivity contribution in [2.45, 2.75) is 30.2 Å². The van der Waals surface area contributed by atoms with Crippen molar-refractivity contribution in [3.8, 4) is 11.5 Å². The Labute approximate surface area is 184 Å². The number of carboxylic acids is 1. The van der Waals surface area contributed by atoms with Crippen LogP contribution >= 0.6 is 11.6 Å². The van der Waals surface area contributed by atoms with Crippen LogP contribution in [0.25, 0.3) is 0 Å². The molecule has 3 rings (SSSR count). The molecule has 1 aliphatic carbocycles. The Balaban J connectivity index is 1.83. The van der Waals surface area contributed by atoms with Crippen LogP contribution in [-0.4, -0.2) is 73.8 Å². The maximum Gasteiger partial charge on any atom is 0.328 e. The monoisotopic (exact) mass is 472 g/mol. The topological polar surface area (TPSA) is 158 Å². The van der Waals surface area contributed by atoms with Crippen molar-refractivity contribution in [2.75, 3.05) is 14.2 Å². The minimum absolute atomic E-state index is 0.0325. The van der Waals surface area contributed by atoms with Crippen LogP contribution in [0.15, 0.2) is 17.2 Å². The number of ether oxygens (including phenoxy) is 2. The number of carboxylic acid groups (broad SMARTS) is 1. The fourth-order valence-corrected chi connectivity index (χ4v) is 4.39. The quantitative estimate of drug-likeness (QED) is 0.226. The molecule has 0 spiro atoms. The van der Waals surface area contributed by atoms with Gasteiger partial charge in [-0.15, -0.1) is 0 Å². The van der Waals surface area contributed by atoms with E-state index in [1.807, 2.05) is 0 Å². The highest BCUT2D eigenvalue weighted by Gasteiger charge is 2.65. The summed E-state index contributed by atoms with van der Waals surface area (Å²) in [6, 6.07) is 0.825. The first-order valence-corrected chi connectivity index (χ1v) is 10.4. The first-order valence-electron chi connectivity index (χ1n) is 8.97. The number of nitrogens with zero attached hydrogens (tertiary/aromatic N) is 2. The molecule has 2 aliphatic rings. The molecule has 0 bridgehead atoms. The van der Waals surface area contributed by atoms with Gasteiger partial charge in [-0.3, -0.25) is 13.8 Å². The molecule has 168 valence electrons. The maximum atomic E-state index is 12.5. The lowest BCUT2D eigenvalue weighted by molar-refractivity contribution is -0.157. The van der Waals surface area contributed by atoms with Gasteiger partial charge >= 0.3 is 5.97 Å². The fraction of sp³-hybridized carbons (Fsp3) is 0.444. The van der Waals surface area contributed by atoms with Crippen LogP contribution in [0.2, 0.25) is 5.02 Å². The predicted molar refractivity (Wildman–Crippen MR) is 108 cm³/mol. The van der Waals surface area contributed by atoms with E-state index in [0.717, 1.165) is 18.0 Å². The zero-order valence-corrected chi connectivity index (χ0v) is 18.2. The van der Waals surface area contributed by atoms with Crippen molar-refractivity contribution < 1.29 is 37.7 Å². The lowest BCUT2D eigenvalue weighted by Gasteiger charge is -2.44. The van der Waals surface area contributed by atoms with Crippen molar-refractivity contribution >= 4 is 46.7 Å². The number of hydrogen-bond donors (Lipinski definition) is 2. The zero-order valence-electron chi connectivity index (χ0n) is 16.7. The first-order chi connectivity index (χ1) is 14.6. The van der Waals surface area contributed by atoms with Gasteiger partial charge in [0.2, 0.25) is 5.91 Å². The summed E-state index contributed by atoms with van der Waals surface area (Å²) in [5.41, 5.74) is 2.09. The summed E-state index contributed by atoms with van der Waals surface area (Å²) in [7, 11) is 2.74. The molecule has 1 saturated heterocycles. The third kappa shape index (κ3) is 3.86. The van der Waals surface area contributed by atoms with Crippen molar-refractivity contribution in [2.24, 2.45) is 11.0 Å². The summed E-state index contributed by atoms with van der Waals surface area (Å²) in [6.07, 6.45) is 1.28. The van der Waals surface area contributed by atoms with Gasteiger partial charge in [0, 0.05) is 12.3 Å². The van der Waals surface area contributed by atoms with E-state index in [-0.39, 0.29) is 28.3 Å². The van der Waals surface area contributed by atoms with Crippen LogP contribution in [0.1, 0.15) is 23.7 Å². The number of benzene rings is 1. The fourth-order valence-electron chi connectivity index (χ4n) is 3.53. The van der Waals surface area contributed by atoms with E-state index in [4.69, 9.17) is 21.1 Å². The lowest BCUT2D eigenvalue weighted by atomic mass is 9.97. The number of β-lactam (4-membered cyclic amide) rings is 1. The molecule has 1 aliphatic heterocycles. The van der Waals surface area contributed by atoms with Gasteiger partial charge in [0.1, 0.15) is 0 Å². The number of carbonyl (C=O) groups is 3. The van der Waals surface area contributed by atoms with Crippen molar-refractivity contribution in [3.63, 3.8) is 0 Å². The average molecular weight is 473 g/mol. The number of carbonyl (C=O) groups excluding carboxylic acids is 2.